The van der Waals surface area contributed by atoms with Crippen molar-refractivity contribution in [3.63, 3.8) is 0 Å². The first-order valence-electron chi connectivity index (χ1n) is 2.24. The zero-order valence-corrected chi connectivity index (χ0v) is 5.44. The van der Waals surface area contributed by atoms with E-state index in [4.69, 9.17) is 0 Å². The zero-order chi connectivity index (χ0) is 6.24. The van der Waals surface area contributed by atoms with Gasteiger partial charge >= 0.3 is 0 Å². The highest BCUT2D eigenvalue weighted by molar-refractivity contribution is 7.83. The number of rotatable bonds is 3. The molecule has 2 heteroatoms. The van der Waals surface area contributed by atoms with Crippen LogP contribution in [0.25, 0.3) is 0 Å². The minimum atomic E-state index is 1.62. The van der Waals surface area contributed by atoms with Crippen LogP contribution in [-0.2, 0) is 0 Å². The van der Waals surface area contributed by atoms with Crippen molar-refractivity contribution in [2.75, 3.05) is 0 Å². The molecular formula is C6H9NS. The Morgan fingerprint density at radius 2 is 2.12 bits per heavy atom. The van der Waals surface area contributed by atoms with Gasteiger partial charge in [0.05, 0.1) is 0 Å². The van der Waals surface area contributed by atoms with E-state index in [0.29, 0.717) is 0 Å². The summed E-state index contributed by atoms with van der Waals surface area (Å²) in [7, 11) is 0. The molecule has 0 radical (unpaired) electrons. The molecule has 0 rings (SSSR count). The minimum Gasteiger partial charge on any atom is -0.367 e. The molecule has 8 heavy (non-hydrogen) atoms. The van der Waals surface area contributed by atoms with Gasteiger partial charge in [-0.1, -0.05) is 12.7 Å². The van der Waals surface area contributed by atoms with E-state index in [1.807, 2.05) is 0 Å². The molecule has 0 aliphatic carbocycles. The van der Waals surface area contributed by atoms with Gasteiger partial charge in [-0.05, 0) is 11.5 Å². The van der Waals surface area contributed by atoms with Crippen molar-refractivity contribution in [3.05, 3.63) is 36.5 Å². The van der Waals surface area contributed by atoms with Gasteiger partial charge in [0, 0.05) is 12.4 Å². The fraction of sp³-hybridized carbons (Fsp3) is 0. The van der Waals surface area contributed by atoms with Gasteiger partial charge in [0.15, 0.2) is 0 Å². The highest BCUT2D eigenvalue weighted by Gasteiger charge is 1.58. The van der Waals surface area contributed by atoms with Crippen LogP contribution >= 0.6 is 12.6 Å². The third kappa shape index (κ3) is 5.37. The van der Waals surface area contributed by atoms with Crippen LogP contribution in [0.2, 0.25) is 0 Å². The summed E-state index contributed by atoms with van der Waals surface area (Å²) in [6.07, 6.45) is 6.97. The molecule has 1 nitrogen and oxygen atoms in total. The largest absolute Gasteiger partial charge is 0.367 e. The third-order valence-corrected chi connectivity index (χ3v) is 0.648. The molecule has 0 aromatic rings. The summed E-state index contributed by atoms with van der Waals surface area (Å²) in [5, 5.41) is 4.45. The normalized spacial score (nSPS) is 10.6. The van der Waals surface area contributed by atoms with Crippen LogP contribution in [0.4, 0.5) is 0 Å². The zero-order valence-electron chi connectivity index (χ0n) is 4.54. The Hall–Kier alpha value is -0.630. The van der Waals surface area contributed by atoms with Crippen LogP contribution in [0.1, 0.15) is 0 Å². The molecule has 0 saturated carbocycles. The standard InChI is InChI=1S/C6H9NS/c1-2-3-4-7-5-6-8/h2-8H,1H2/b4-3+,6-5-. The van der Waals surface area contributed by atoms with Crippen LogP contribution in [0.5, 0.6) is 0 Å². The van der Waals surface area contributed by atoms with Crippen molar-refractivity contribution in [2.45, 2.75) is 0 Å². The molecule has 0 saturated heterocycles. The summed E-state index contributed by atoms with van der Waals surface area (Å²) in [5.74, 6) is 0. The number of hydrogen-bond acceptors (Lipinski definition) is 2. The third-order valence-electron chi connectivity index (χ3n) is 0.499. The smallest absolute Gasteiger partial charge is 0.00654 e. The molecule has 0 bridgehead atoms. The lowest BCUT2D eigenvalue weighted by Gasteiger charge is -1.82. The average molecular weight is 127 g/mol. The predicted molar refractivity (Wildman–Crippen MR) is 40.6 cm³/mol. The van der Waals surface area contributed by atoms with Gasteiger partial charge in [0.1, 0.15) is 0 Å². The van der Waals surface area contributed by atoms with Gasteiger partial charge in [0.2, 0.25) is 0 Å². The molecular weight excluding hydrogens is 118 g/mol. The summed E-state index contributed by atoms with van der Waals surface area (Å²) < 4.78 is 0. The van der Waals surface area contributed by atoms with E-state index < -0.39 is 0 Å². The molecule has 44 valence electrons. The second kappa shape index (κ2) is 6.37. The maximum absolute atomic E-state index is 3.82. The maximum Gasteiger partial charge on any atom is 0.00654 e. The monoisotopic (exact) mass is 127 g/mol. The van der Waals surface area contributed by atoms with Gasteiger partial charge in [-0.25, -0.2) is 0 Å². The van der Waals surface area contributed by atoms with E-state index in [2.05, 4.69) is 24.5 Å². The summed E-state index contributed by atoms with van der Waals surface area (Å²) in [5.41, 5.74) is 0. The Bertz CT molecular complexity index is 105. The van der Waals surface area contributed by atoms with E-state index in [1.54, 1.807) is 30.0 Å². The molecule has 0 aliphatic heterocycles. The van der Waals surface area contributed by atoms with E-state index in [0.717, 1.165) is 0 Å². The van der Waals surface area contributed by atoms with E-state index >= 15 is 0 Å². The first-order valence-corrected chi connectivity index (χ1v) is 2.76. The molecule has 0 atom stereocenters. The highest BCUT2D eigenvalue weighted by atomic mass is 32.1. The van der Waals surface area contributed by atoms with Crippen LogP contribution < -0.4 is 5.32 Å². The molecule has 0 fully saturated rings. The number of hydrogen-bond donors (Lipinski definition) is 2. The first-order chi connectivity index (χ1) is 3.91. The van der Waals surface area contributed by atoms with Gasteiger partial charge in [-0.3, -0.25) is 0 Å². The number of allylic oxidation sites excluding steroid dienone is 2. The van der Waals surface area contributed by atoms with E-state index in [1.165, 1.54) is 0 Å². The van der Waals surface area contributed by atoms with Crippen LogP contribution in [0, 0.1) is 0 Å². The topological polar surface area (TPSA) is 12.0 Å². The highest BCUT2D eigenvalue weighted by Crippen LogP contribution is 1.72. The van der Waals surface area contributed by atoms with Crippen molar-refractivity contribution in [1.29, 1.82) is 0 Å². The summed E-state index contributed by atoms with van der Waals surface area (Å²) in [4.78, 5) is 0. The summed E-state index contributed by atoms with van der Waals surface area (Å²) >= 11 is 3.82. The van der Waals surface area contributed by atoms with Gasteiger partial charge in [0.25, 0.3) is 0 Å². The van der Waals surface area contributed by atoms with Crippen LogP contribution in [0.15, 0.2) is 36.5 Å². The van der Waals surface area contributed by atoms with Crippen LogP contribution in [-0.4, -0.2) is 0 Å². The predicted octanol–water partition coefficient (Wildman–Crippen LogP) is 1.68. The Balaban J connectivity index is 3.15. The second-order valence-electron chi connectivity index (χ2n) is 1.08. The quantitative estimate of drug-likeness (QED) is 0.434. The van der Waals surface area contributed by atoms with Crippen molar-refractivity contribution < 1.29 is 0 Å². The summed E-state index contributed by atoms with van der Waals surface area (Å²) in [6, 6.07) is 0. The molecule has 0 heterocycles. The fourth-order valence-corrected chi connectivity index (χ4v) is 0.308. The van der Waals surface area contributed by atoms with Crippen molar-refractivity contribution in [2.24, 2.45) is 0 Å². The number of nitrogens with one attached hydrogen (secondary N) is 1. The van der Waals surface area contributed by atoms with Gasteiger partial charge in [-0.15, -0.1) is 12.6 Å². The van der Waals surface area contributed by atoms with E-state index in [9.17, 15) is 0 Å². The van der Waals surface area contributed by atoms with E-state index in [-0.39, 0.29) is 0 Å². The Morgan fingerprint density at radius 3 is 2.62 bits per heavy atom. The average Bonchev–Trinajstić information content (AvgIpc) is 1.81. The maximum atomic E-state index is 3.82. The Labute approximate surface area is 55.2 Å². The molecule has 0 aliphatic rings. The van der Waals surface area contributed by atoms with Gasteiger partial charge < -0.3 is 5.32 Å². The summed E-state index contributed by atoms with van der Waals surface area (Å²) in [6.45, 7) is 3.49. The second-order valence-corrected chi connectivity index (χ2v) is 1.38. The molecule has 0 aromatic carbocycles. The fourth-order valence-electron chi connectivity index (χ4n) is 0.222. The molecule has 0 spiro atoms. The van der Waals surface area contributed by atoms with Gasteiger partial charge in [-0.2, -0.15) is 0 Å². The minimum absolute atomic E-state index is 1.62. The Kier molecular flexibility index (Phi) is 5.87. The van der Waals surface area contributed by atoms with Crippen molar-refractivity contribution in [1.82, 2.24) is 5.32 Å². The van der Waals surface area contributed by atoms with Crippen molar-refractivity contribution in [3.8, 4) is 0 Å². The first kappa shape index (κ1) is 7.37. The lowest BCUT2D eigenvalue weighted by atomic mass is 10.6. The Morgan fingerprint density at radius 1 is 1.38 bits per heavy atom. The lowest BCUT2D eigenvalue weighted by molar-refractivity contribution is 1.20. The van der Waals surface area contributed by atoms with Crippen LogP contribution in [0.3, 0.4) is 0 Å². The van der Waals surface area contributed by atoms with Crippen molar-refractivity contribution >= 4 is 12.6 Å². The molecule has 0 amide bonds. The molecule has 0 unspecified atom stereocenters. The lowest BCUT2D eigenvalue weighted by Crippen LogP contribution is -1.88. The number of thiol groups is 1. The SMILES string of the molecule is C=C/C=C/N/C=C\S. The molecule has 1 N–H and O–H groups in total. The molecule has 0 aromatic heterocycles.